The van der Waals surface area contributed by atoms with Crippen molar-refractivity contribution in [2.45, 2.75) is 26.2 Å². The van der Waals surface area contributed by atoms with Crippen molar-refractivity contribution in [1.82, 2.24) is 9.88 Å². The minimum atomic E-state index is 0.00640. The van der Waals surface area contributed by atoms with Crippen LogP contribution in [-0.4, -0.2) is 55.6 Å². The van der Waals surface area contributed by atoms with E-state index < -0.39 is 0 Å². The lowest BCUT2D eigenvalue weighted by Gasteiger charge is -2.36. The fraction of sp³-hybridized carbons (Fsp3) is 0.455. The van der Waals surface area contributed by atoms with Crippen LogP contribution in [-0.2, 0) is 0 Å². The molecule has 150 valence electrons. The van der Waals surface area contributed by atoms with Gasteiger partial charge in [-0.15, -0.1) is 0 Å². The Balaban J connectivity index is 1.50. The van der Waals surface area contributed by atoms with Gasteiger partial charge in [0, 0.05) is 38.4 Å². The van der Waals surface area contributed by atoms with E-state index in [0.29, 0.717) is 18.8 Å². The molecular weight excluding hydrogens is 352 g/mol. The summed E-state index contributed by atoms with van der Waals surface area (Å²) in [5, 5.41) is 3.35. The fourth-order valence-electron chi connectivity index (χ4n) is 3.36. The van der Waals surface area contributed by atoms with Gasteiger partial charge in [-0.2, -0.15) is 0 Å². The molecule has 3 rings (SSSR count). The van der Waals surface area contributed by atoms with Gasteiger partial charge in [-0.3, -0.25) is 4.79 Å². The summed E-state index contributed by atoms with van der Waals surface area (Å²) >= 11 is 0. The second kappa shape index (κ2) is 9.97. The number of ether oxygens (including phenoxy) is 1. The van der Waals surface area contributed by atoms with E-state index in [1.807, 2.05) is 29.2 Å². The second-order valence-corrected chi connectivity index (χ2v) is 7.04. The van der Waals surface area contributed by atoms with Crippen molar-refractivity contribution in [3.63, 3.8) is 0 Å². The number of piperazine rings is 1. The lowest BCUT2D eigenvalue weighted by molar-refractivity contribution is 0.0741. The lowest BCUT2D eigenvalue weighted by Crippen LogP contribution is -2.49. The molecule has 1 amide bonds. The van der Waals surface area contributed by atoms with Gasteiger partial charge < -0.3 is 19.9 Å². The third kappa shape index (κ3) is 5.15. The van der Waals surface area contributed by atoms with Crippen molar-refractivity contribution in [1.29, 1.82) is 0 Å². The number of rotatable bonds is 8. The monoisotopic (exact) mass is 382 g/mol. The number of pyridine rings is 1. The van der Waals surface area contributed by atoms with Crippen LogP contribution >= 0.6 is 0 Å². The molecule has 0 saturated carbocycles. The SMILES string of the molecule is CCCCCNc1ccc(C(=O)N2CCN(c3ccc(OC)cc3)CC2)nc1. The number of nitrogens with one attached hydrogen (secondary N) is 1. The van der Waals surface area contributed by atoms with Gasteiger partial charge >= 0.3 is 0 Å². The van der Waals surface area contributed by atoms with Crippen LogP contribution in [0.4, 0.5) is 11.4 Å². The van der Waals surface area contributed by atoms with Gasteiger partial charge in [0.05, 0.1) is 19.0 Å². The van der Waals surface area contributed by atoms with Crippen LogP contribution < -0.4 is 15.0 Å². The summed E-state index contributed by atoms with van der Waals surface area (Å²) in [6, 6.07) is 11.8. The molecule has 0 atom stereocenters. The van der Waals surface area contributed by atoms with Gasteiger partial charge in [0.15, 0.2) is 0 Å². The van der Waals surface area contributed by atoms with E-state index in [1.54, 1.807) is 13.3 Å². The smallest absolute Gasteiger partial charge is 0.272 e. The van der Waals surface area contributed by atoms with Crippen LogP contribution in [0.15, 0.2) is 42.6 Å². The molecule has 1 aliphatic heterocycles. The van der Waals surface area contributed by atoms with E-state index >= 15 is 0 Å². The summed E-state index contributed by atoms with van der Waals surface area (Å²) in [7, 11) is 1.67. The first-order valence-electron chi connectivity index (χ1n) is 10.1. The zero-order valence-corrected chi connectivity index (χ0v) is 16.9. The number of amides is 1. The number of carbonyl (C=O) groups excluding carboxylic acids is 1. The van der Waals surface area contributed by atoms with Crippen molar-refractivity contribution in [3.05, 3.63) is 48.3 Å². The average Bonchev–Trinajstić information content (AvgIpc) is 2.77. The Morgan fingerprint density at radius 3 is 2.43 bits per heavy atom. The van der Waals surface area contributed by atoms with Crippen LogP contribution in [0.5, 0.6) is 5.75 Å². The highest BCUT2D eigenvalue weighted by Crippen LogP contribution is 2.21. The molecule has 1 fully saturated rings. The van der Waals surface area contributed by atoms with E-state index in [4.69, 9.17) is 4.74 Å². The molecule has 0 radical (unpaired) electrons. The van der Waals surface area contributed by atoms with Crippen molar-refractivity contribution in [3.8, 4) is 5.75 Å². The first-order chi connectivity index (χ1) is 13.7. The number of hydrogen-bond donors (Lipinski definition) is 1. The van der Waals surface area contributed by atoms with Gasteiger partial charge in [0.1, 0.15) is 11.4 Å². The molecule has 2 aromatic rings. The molecule has 1 saturated heterocycles. The minimum absolute atomic E-state index is 0.00640. The predicted octanol–water partition coefficient (Wildman–Crippen LogP) is 3.65. The molecule has 0 bridgehead atoms. The Kier molecular flexibility index (Phi) is 7.12. The highest BCUT2D eigenvalue weighted by Gasteiger charge is 2.23. The molecule has 1 N–H and O–H groups in total. The topological polar surface area (TPSA) is 57.7 Å². The molecule has 0 unspecified atom stereocenters. The standard InChI is InChI=1S/C22H30N4O2/c1-3-4-5-12-23-18-6-11-21(24-17-18)22(27)26-15-13-25(14-16-26)19-7-9-20(28-2)10-8-19/h6-11,17,23H,3-5,12-16H2,1-2H3. The Bertz CT molecular complexity index is 738. The molecule has 1 aliphatic rings. The molecule has 1 aromatic heterocycles. The lowest BCUT2D eigenvalue weighted by atomic mass is 10.2. The van der Waals surface area contributed by atoms with Crippen LogP contribution in [0.3, 0.4) is 0 Å². The number of aromatic nitrogens is 1. The number of unbranched alkanes of at least 4 members (excludes halogenated alkanes) is 2. The molecule has 6 nitrogen and oxygen atoms in total. The summed E-state index contributed by atoms with van der Waals surface area (Å²) in [5.74, 6) is 0.860. The number of hydrogen-bond acceptors (Lipinski definition) is 5. The van der Waals surface area contributed by atoms with Crippen molar-refractivity contribution in [2.75, 3.05) is 50.1 Å². The number of benzene rings is 1. The van der Waals surface area contributed by atoms with E-state index in [1.165, 1.54) is 12.8 Å². The van der Waals surface area contributed by atoms with Crippen LogP contribution in [0, 0.1) is 0 Å². The van der Waals surface area contributed by atoms with E-state index in [9.17, 15) is 4.79 Å². The molecule has 0 aliphatic carbocycles. The predicted molar refractivity (Wildman–Crippen MR) is 113 cm³/mol. The third-order valence-electron chi connectivity index (χ3n) is 5.10. The second-order valence-electron chi connectivity index (χ2n) is 7.04. The van der Waals surface area contributed by atoms with Gasteiger partial charge in [-0.1, -0.05) is 19.8 Å². The Morgan fingerprint density at radius 2 is 1.82 bits per heavy atom. The Morgan fingerprint density at radius 1 is 1.07 bits per heavy atom. The first-order valence-corrected chi connectivity index (χ1v) is 10.1. The van der Waals surface area contributed by atoms with Crippen LogP contribution in [0.25, 0.3) is 0 Å². The summed E-state index contributed by atoms with van der Waals surface area (Å²) in [5.41, 5.74) is 2.64. The normalized spacial score (nSPS) is 14.1. The minimum Gasteiger partial charge on any atom is -0.497 e. The van der Waals surface area contributed by atoms with Gasteiger partial charge in [-0.05, 0) is 42.8 Å². The molecule has 2 heterocycles. The van der Waals surface area contributed by atoms with E-state index in [-0.39, 0.29) is 5.91 Å². The largest absolute Gasteiger partial charge is 0.497 e. The maximum absolute atomic E-state index is 12.7. The Labute approximate surface area is 167 Å². The maximum Gasteiger partial charge on any atom is 0.272 e. The maximum atomic E-state index is 12.7. The zero-order chi connectivity index (χ0) is 19.8. The highest BCUT2D eigenvalue weighted by atomic mass is 16.5. The molecule has 0 spiro atoms. The van der Waals surface area contributed by atoms with Crippen LogP contribution in [0.2, 0.25) is 0 Å². The number of methoxy groups -OCH3 is 1. The fourth-order valence-corrected chi connectivity index (χ4v) is 3.36. The van der Waals surface area contributed by atoms with E-state index in [0.717, 1.165) is 43.2 Å². The van der Waals surface area contributed by atoms with Crippen LogP contribution in [0.1, 0.15) is 36.7 Å². The molecule has 1 aromatic carbocycles. The van der Waals surface area contributed by atoms with Crippen molar-refractivity contribution < 1.29 is 9.53 Å². The third-order valence-corrected chi connectivity index (χ3v) is 5.10. The van der Waals surface area contributed by atoms with Crippen molar-refractivity contribution >= 4 is 17.3 Å². The highest BCUT2D eigenvalue weighted by molar-refractivity contribution is 5.92. The van der Waals surface area contributed by atoms with Gasteiger partial charge in [0.2, 0.25) is 0 Å². The van der Waals surface area contributed by atoms with Gasteiger partial charge in [0.25, 0.3) is 5.91 Å². The van der Waals surface area contributed by atoms with Gasteiger partial charge in [-0.25, -0.2) is 4.98 Å². The Hall–Kier alpha value is -2.76. The average molecular weight is 383 g/mol. The summed E-state index contributed by atoms with van der Waals surface area (Å²) in [4.78, 5) is 21.3. The number of anilines is 2. The molecular formula is C22H30N4O2. The zero-order valence-electron chi connectivity index (χ0n) is 16.9. The number of carbonyl (C=O) groups is 1. The molecule has 6 heteroatoms. The van der Waals surface area contributed by atoms with Crippen molar-refractivity contribution in [2.24, 2.45) is 0 Å². The summed E-state index contributed by atoms with van der Waals surface area (Å²) in [6.45, 7) is 6.16. The quantitative estimate of drug-likeness (QED) is 0.706. The summed E-state index contributed by atoms with van der Waals surface area (Å²) in [6.07, 6.45) is 5.33. The summed E-state index contributed by atoms with van der Waals surface area (Å²) < 4.78 is 5.21. The first kappa shape index (κ1) is 20.0. The number of nitrogens with zero attached hydrogens (tertiary/aromatic N) is 3. The van der Waals surface area contributed by atoms with E-state index in [2.05, 4.69) is 34.3 Å². The molecule has 28 heavy (non-hydrogen) atoms.